The molecule has 4 nitrogen and oxygen atoms in total. The number of halogens is 2. The Morgan fingerprint density at radius 1 is 0.966 bits per heavy atom. The smallest absolute Gasteiger partial charge is 0.255 e. The summed E-state index contributed by atoms with van der Waals surface area (Å²) < 4.78 is 38.8. The van der Waals surface area contributed by atoms with Crippen LogP contribution in [-0.2, 0) is 6.61 Å². The van der Waals surface area contributed by atoms with Crippen molar-refractivity contribution in [2.45, 2.75) is 20.5 Å². The summed E-state index contributed by atoms with van der Waals surface area (Å²) in [6, 6.07) is 13.9. The van der Waals surface area contributed by atoms with Gasteiger partial charge in [0.05, 0.1) is 7.11 Å². The van der Waals surface area contributed by atoms with Crippen LogP contribution in [0.4, 0.5) is 14.5 Å². The number of aryl methyl sites for hydroxylation is 2. The van der Waals surface area contributed by atoms with Crippen molar-refractivity contribution in [1.29, 1.82) is 0 Å². The van der Waals surface area contributed by atoms with E-state index in [4.69, 9.17) is 9.47 Å². The molecule has 0 aliphatic rings. The summed E-state index contributed by atoms with van der Waals surface area (Å²) in [6.45, 7) is 4.18. The molecule has 0 radical (unpaired) electrons. The van der Waals surface area contributed by atoms with Crippen molar-refractivity contribution in [3.63, 3.8) is 0 Å². The van der Waals surface area contributed by atoms with Crippen LogP contribution in [0.5, 0.6) is 11.5 Å². The Kier molecular flexibility index (Phi) is 6.12. The Morgan fingerprint density at radius 2 is 1.69 bits per heavy atom. The van der Waals surface area contributed by atoms with Gasteiger partial charge in [-0.15, -0.1) is 0 Å². The van der Waals surface area contributed by atoms with Gasteiger partial charge in [0.1, 0.15) is 35.4 Å². The van der Waals surface area contributed by atoms with Crippen LogP contribution in [-0.4, -0.2) is 13.0 Å². The molecule has 0 spiro atoms. The van der Waals surface area contributed by atoms with Crippen LogP contribution in [0.1, 0.15) is 27.0 Å². The molecule has 0 saturated carbocycles. The number of rotatable bonds is 6. The molecule has 150 valence electrons. The minimum absolute atomic E-state index is 0.168. The predicted molar refractivity (Wildman–Crippen MR) is 108 cm³/mol. The van der Waals surface area contributed by atoms with Crippen molar-refractivity contribution >= 4 is 11.6 Å². The molecular weight excluding hydrogens is 376 g/mol. The summed E-state index contributed by atoms with van der Waals surface area (Å²) in [7, 11) is 1.52. The first-order valence-electron chi connectivity index (χ1n) is 9.01. The molecule has 29 heavy (non-hydrogen) atoms. The van der Waals surface area contributed by atoms with Gasteiger partial charge in [0.15, 0.2) is 0 Å². The number of anilines is 1. The highest BCUT2D eigenvalue weighted by Crippen LogP contribution is 2.25. The Bertz CT molecular complexity index is 1030. The van der Waals surface area contributed by atoms with Gasteiger partial charge < -0.3 is 14.8 Å². The SMILES string of the molecule is COc1ccc(C(=O)Nc2c(F)cccc2F)cc1COc1ccc(C)c(C)c1. The molecule has 0 aromatic heterocycles. The summed E-state index contributed by atoms with van der Waals surface area (Å²) in [5.74, 6) is -1.08. The molecule has 0 atom stereocenters. The van der Waals surface area contributed by atoms with Crippen LogP contribution in [0.2, 0.25) is 0 Å². The van der Waals surface area contributed by atoms with Crippen molar-refractivity contribution in [3.8, 4) is 11.5 Å². The number of methoxy groups -OCH3 is 1. The van der Waals surface area contributed by atoms with Crippen LogP contribution >= 0.6 is 0 Å². The molecule has 0 fully saturated rings. The average Bonchev–Trinajstić information content (AvgIpc) is 2.71. The summed E-state index contributed by atoms with van der Waals surface area (Å²) in [4.78, 5) is 12.5. The lowest BCUT2D eigenvalue weighted by Gasteiger charge is -2.13. The molecule has 0 saturated heterocycles. The van der Waals surface area contributed by atoms with Crippen molar-refractivity contribution in [1.82, 2.24) is 0 Å². The Labute approximate surface area is 168 Å². The zero-order valence-electron chi connectivity index (χ0n) is 16.4. The summed E-state index contributed by atoms with van der Waals surface area (Å²) >= 11 is 0. The van der Waals surface area contributed by atoms with E-state index < -0.39 is 23.2 Å². The zero-order valence-corrected chi connectivity index (χ0v) is 16.4. The fraction of sp³-hybridized carbons (Fsp3) is 0.174. The first kappa shape index (κ1) is 20.3. The number of carbonyl (C=O) groups excluding carboxylic acids is 1. The molecule has 6 heteroatoms. The minimum atomic E-state index is -0.842. The Hall–Kier alpha value is -3.41. The third kappa shape index (κ3) is 4.71. The number of ether oxygens (including phenoxy) is 2. The van der Waals surface area contributed by atoms with Gasteiger partial charge in [0, 0.05) is 11.1 Å². The summed E-state index contributed by atoms with van der Waals surface area (Å²) in [5, 5.41) is 2.28. The van der Waals surface area contributed by atoms with Crippen molar-refractivity contribution in [2.75, 3.05) is 12.4 Å². The molecule has 1 N–H and O–H groups in total. The summed E-state index contributed by atoms with van der Waals surface area (Å²) in [6.07, 6.45) is 0. The molecule has 0 aliphatic heterocycles. The second kappa shape index (κ2) is 8.73. The summed E-state index contributed by atoms with van der Waals surface area (Å²) in [5.41, 5.74) is 2.64. The maximum absolute atomic E-state index is 13.8. The highest BCUT2D eigenvalue weighted by molar-refractivity contribution is 6.04. The average molecular weight is 397 g/mol. The Morgan fingerprint density at radius 3 is 2.34 bits per heavy atom. The molecule has 3 aromatic carbocycles. The number of amides is 1. The molecule has 0 bridgehead atoms. The quantitative estimate of drug-likeness (QED) is 0.604. The lowest BCUT2D eigenvalue weighted by atomic mass is 10.1. The predicted octanol–water partition coefficient (Wildman–Crippen LogP) is 5.42. The van der Waals surface area contributed by atoms with E-state index in [1.165, 1.54) is 19.2 Å². The van der Waals surface area contributed by atoms with E-state index >= 15 is 0 Å². The van der Waals surface area contributed by atoms with E-state index in [2.05, 4.69) is 5.32 Å². The van der Waals surface area contributed by atoms with E-state index in [1.807, 2.05) is 32.0 Å². The molecular formula is C23H21F2NO3. The van der Waals surface area contributed by atoms with Gasteiger partial charge in [0.25, 0.3) is 5.91 Å². The molecule has 0 heterocycles. The zero-order chi connectivity index (χ0) is 21.0. The van der Waals surface area contributed by atoms with Gasteiger partial charge in [-0.2, -0.15) is 0 Å². The highest BCUT2D eigenvalue weighted by Gasteiger charge is 2.15. The number of benzene rings is 3. The van der Waals surface area contributed by atoms with Crippen LogP contribution in [0.25, 0.3) is 0 Å². The number of hydrogen-bond donors (Lipinski definition) is 1. The third-order valence-electron chi connectivity index (χ3n) is 4.62. The second-order valence-corrected chi connectivity index (χ2v) is 6.61. The van der Waals surface area contributed by atoms with Gasteiger partial charge in [-0.1, -0.05) is 12.1 Å². The van der Waals surface area contributed by atoms with Crippen molar-refractivity contribution in [3.05, 3.63) is 88.5 Å². The largest absolute Gasteiger partial charge is 0.496 e. The van der Waals surface area contributed by atoms with Crippen molar-refractivity contribution in [2.24, 2.45) is 0 Å². The van der Waals surface area contributed by atoms with E-state index in [0.717, 1.165) is 23.3 Å². The maximum atomic E-state index is 13.8. The standard InChI is InChI=1S/C23H21F2NO3/c1-14-7-9-18(11-15(14)2)29-13-17-12-16(8-10-21(17)28-3)23(27)26-22-19(24)5-4-6-20(22)25/h4-12H,13H2,1-3H3,(H,26,27). The fourth-order valence-corrected chi connectivity index (χ4v) is 2.80. The molecule has 0 aliphatic carbocycles. The van der Waals surface area contributed by atoms with Crippen LogP contribution in [0.3, 0.4) is 0 Å². The lowest BCUT2D eigenvalue weighted by Crippen LogP contribution is -2.15. The van der Waals surface area contributed by atoms with Gasteiger partial charge in [-0.25, -0.2) is 8.78 Å². The van der Waals surface area contributed by atoms with Crippen LogP contribution < -0.4 is 14.8 Å². The van der Waals surface area contributed by atoms with E-state index in [1.54, 1.807) is 12.1 Å². The van der Waals surface area contributed by atoms with Crippen LogP contribution in [0, 0.1) is 25.5 Å². The first-order chi connectivity index (χ1) is 13.9. The van der Waals surface area contributed by atoms with Gasteiger partial charge >= 0.3 is 0 Å². The monoisotopic (exact) mass is 397 g/mol. The maximum Gasteiger partial charge on any atom is 0.255 e. The normalized spacial score (nSPS) is 10.5. The molecule has 3 rings (SSSR count). The molecule has 3 aromatic rings. The van der Waals surface area contributed by atoms with E-state index in [0.29, 0.717) is 17.1 Å². The van der Waals surface area contributed by atoms with E-state index in [-0.39, 0.29) is 12.2 Å². The molecule has 0 unspecified atom stereocenters. The number of para-hydroxylation sites is 1. The first-order valence-corrected chi connectivity index (χ1v) is 9.01. The van der Waals surface area contributed by atoms with Gasteiger partial charge in [-0.05, 0) is 67.4 Å². The van der Waals surface area contributed by atoms with Gasteiger partial charge in [-0.3, -0.25) is 4.79 Å². The Balaban J connectivity index is 1.80. The van der Waals surface area contributed by atoms with E-state index in [9.17, 15) is 13.6 Å². The topological polar surface area (TPSA) is 47.6 Å². The minimum Gasteiger partial charge on any atom is -0.496 e. The number of carbonyl (C=O) groups is 1. The number of nitrogens with one attached hydrogen (secondary N) is 1. The van der Waals surface area contributed by atoms with Gasteiger partial charge in [0.2, 0.25) is 0 Å². The number of hydrogen-bond acceptors (Lipinski definition) is 3. The third-order valence-corrected chi connectivity index (χ3v) is 4.62. The lowest BCUT2D eigenvalue weighted by molar-refractivity contribution is 0.102. The fourth-order valence-electron chi connectivity index (χ4n) is 2.80. The second-order valence-electron chi connectivity index (χ2n) is 6.61. The van der Waals surface area contributed by atoms with Crippen LogP contribution in [0.15, 0.2) is 54.6 Å². The molecule has 1 amide bonds. The van der Waals surface area contributed by atoms with Crippen molar-refractivity contribution < 1.29 is 23.0 Å². The highest BCUT2D eigenvalue weighted by atomic mass is 19.1.